The van der Waals surface area contributed by atoms with Gasteiger partial charge in [-0.15, -0.1) is 0 Å². The fraction of sp³-hybridized carbons (Fsp3) is 0.417. The third-order valence-corrected chi connectivity index (χ3v) is 4.01. The first kappa shape index (κ1) is 16.1. The molecule has 1 amide bonds. The zero-order valence-electron chi connectivity index (χ0n) is 10.7. The SMILES string of the molecule is CC(CCS(C)=O)NC(=O)c1cc(N)c(F)cc1Br. The van der Waals surface area contributed by atoms with E-state index >= 15 is 0 Å². The van der Waals surface area contributed by atoms with Gasteiger partial charge < -0.3 is 11.1 Å². The highest BCUT2D eigenvalue weighted by atomic mass is 79.9. The normalized spacial score (nSPS) is 13.9. The molecule has 0 radical (unpaired) electrons. The summed E-state index contributed by atoms with van der Waals surface area (Å²) >= 11 is 3.13. The lowest BCUT2D eigenvalue weighted by atomic mass is 10.1. The predicted molar refractivity (Wildman–Crippen MR) is 79.0 cm³/mol. The van der Waals surface area contributed by atoms with Crippen molar-refractivity contribution in [1.29, 1.82) is 0 Å². The number of carbonyl (C=O) groups is 1. The van der Waals surface area contributed by atoms with Gasteiger partial charge in [0.1, 0.15) is 5.82 Å². The molecule has 106 valence electrons. The fourth-order valence-electron chi connectivity index (χ4n) is 1.46. The van der Waals surface area contributed by atoms with Gasteiger partial charge in [0.05, 0.1) is 11.3 Å². The van der Waals surface area contributed by atoms with Crippen molar-refractivity contribution in [3.8, 4) is 0 Å². The number of hydrogen-bond acceptors (Lipinski definition) is 3. The molecule has 0 aliphatic heterocycles. The topological polar surface area (TPSA) is 72.2 Å². The van der Waals surface area contributed by atoms with Crippen LogP contribution in [0, 0.1) is 5.82 Å². The van der Waals surface area contributed by atoms with Crippen LogP contribution in [0.3, 0.4) is 0 Å². The lowest BCUT2D eigenvalue weighted by Crippen LogP contribution is -2.33. The number of benzene rings is 1. The van der Waals surface area contributed by atoms with Crippen LogP contribution in [0.1, 0.15) is 23.7 Å². The van der Waals surface area contributed by atoms with Gasteiger partial charge in [0.25, 0.3) is 5.91 Å². The minimum atomic E-state index is -0.887. The minimum absolute atomic E-state index is 0.0735. The van der Waals surface area contributed by atoms with Crippen LogP contribution in [0.2, 0.25) is 0 Å². The Morgan fingerprint density at radius 1 is 1.58 bits per heavy atom. The third-order valence-electron chi connectivity index (χ3n) is 2.55. The summed E-state index contributed by atoms with van der Waals surface area (Å²) in [6, 6.07) is 2.34. The average Bonchev–Trinajstić information content (AvgIpc) is 2.31. The van der Waals surface area contributed by atoms with E-state index in [1.54, 1.807) is 6.26 Å². The fourth-order valence-corrected chi connectivity index (χ4v) is 2.64. The number of rotatable bonds is 5. The van der Waals surface area contributed by atoms with Crippen LogP contribution in [0.25, 0.3) is 0 Å². The van der Waals surface area contributed by atoms with E-state index in [1.807, 2.05) is 6.92 Å². The molecule has 2 atom stereocenters. The van der Waals surface area contributed by atoms with Crippen LogP contribution < -0.4 is 11.1 Å². The summed E-state index contributed by atoms with van der Waals surface area (Å²) in [5.74, 6) is -0.389. The molecule has 4 nitrogen and oxygen atoms in total. The standard InChI is InChI=1S/C12H16BrFN2O2S/c1-7(3-4-19(2)18)16-12(17)8-5-11(15)10(14)6-9(8)13/h5-7H,3-4,15H2,1-2H3,(H,16,17). The molecule has 7 heteroatoms. The van der Waals surface area contributed by atoms with Crippen LogP contribution in [-0.4, -0.2) is 28.2 Å². The number of nitrogens with one attached hydrogen (secondary N) is 1. The monoisotopic (exact) mass is 350 g/mol. The molecule has 0 spiro atoms. The molecule has 0 aliphatic carbocycles. The van der Waals surface area contributed by atoms with Crippen molar-refractivity contribution in [3.05, 3.63) is 28.0 Å². The second-order valence-electron chi connectivity index (χ2n) is 4.29. The zero-order chi connectivity index (χ0) is 14.6. The largest absolute Gasteiger partial charge is 0.396 e. The highest BCUT2D eigenvalue weighted by Gasteiger charge is 2.15. The number of amides is 1. The molecule has 1 aromatic rings. The van der Waals surface area contributed by atoms with Crippen molar-refractivity contribution in [3.63, 3.8) is 0 Å². The summed E-state index contributed by atoms with van der Waals surface area (Å²) in [5.41, 5.74) is 5.65. The van der Waals surface area contributed by atoms with Crippen LogP contribution in [0.15, 0.2) is 16.6 Å². The lowest BCUT2D eigenvalue weighted by Gasteiger charge is -2.14. The Balaban J connectivity index is 2.73. The van der Waals surface area contributed by atoms with Gasteiger partial charge >= 0.3 is 0 Å². The van der Waals surface area contributed by atoms with Gasteiger partial charge in [-0.1, -0.05) is 0 Å². The summed E-state index contributed by atoms with van der Waals surface area (Å²) in [6.45, 7) is 1.82. The number of halogens is 2. The Bertz CT molecular complexity index is 511. The van der Waals surface area contributed by atoms with E-state index in [1.165, 1.54) is 6.07 Å². The van der Waals surface area contributed by atoms with Gasteiger partial charge in [-0.2, -0.15) is 0 Å². The smallest absolute Gasteiger partial charge is 0.252 e. The molecular formula is C12H16BrFN2O2S. The van der Waals surface area contributed by atoms with Gasteiger partial charge in [-0.3, -0.25) is 9.00 Å². The summed E-state index contributed by atoms with van der Waals surface area (Å²) in [4.78, 5) is 12.0. The van der Waals surface area contributed by atoms with E-state index in [0.29, 0.717) is 16.6 Å². The van der Waals surface area contributed by atoms with Crippen molar-refractivity contribution >= 4 is 38.3 Å². The Morgan fingerprint density at radius 3 is 2.79 bits per heavy atom. The molecule has 0 heterocycles. The van der Waals surface area contributed by atoms with Gasteiger partial charge in [0, 0.05) is 33.3 Å². The molecular weight excluding hydrogens is 335 g/mol. The highest BCUT2D eigenvalue weighted by Crippen LogP contribution is 2.22. The zero-order valence-corrected chi connectivity index (χ0v) is 13.1. The maximum absolute atomic E-state index is 13.2. The van der Waals surface area contributed by atoms with Crippen molar-refractivity contribution in [2.45, 2.75) is 19.4 Å². The second kappa shape index (κ2) is 7.00. The van der Waals surface area contributed by atoms with E-state index in [0.717, 1.165) is 6.07 Å². The van der Waals surface area contributed by atoms with Crippen LogP contribution in [-0.2, 0) is 10.8 Å². The van der Waals surface area contributed by atoms with Crippen LogP contribution in [0.5, 0.6) is 0 Å². The average molecular weight is 351 g/mol. The number of anilines is 1. The molecule has 1 rings (SSSR count). The summed E-state index contributed by atoms with van der Waals surface area (Å²) in [5, 5.41) is 2.76. The number of nitrogen functional groups attached to an aromatic ring is 1. The number of nitrogens with two attached hydrogens (primary N) is 1. The van der Waals surface area contributed by atoms with E-state index in [9.17, 15) is 13.4 Å². The molecule has 3 N–H and O–H groups in total. The first-order valence-corrected chi connectivity index (χ1v) is 8.18. The molecule has 19 heavy (non-hydrogen) atoms. The summed E-state index contributed by atoms with van der Waals surface area (Å²) in [7, 11) is -0.887. The van der Waals surface area contributed by atoms with Gasteiger partial charge in [0.15, 0.2) is 0 Å². The van der Waals surface area contributed by atoms with Crippen LogP contribution >= 0.6 is 15.9 Å². The molecule has 0 aliphatic rings. The first-order valence-electron chi connectivity index (χ1n) is 5.66. The van der Waals surface area contributed by atoms with E-state index in [-0.39, 0.29) is 23.2 Å². The molecule has 0 bridgehead atoms. The van der Waals surface area contributed by atoms with Gasteiger partial charge in [-0.25, -0.2) is 4.39 Å². The van der Waals surface area contributed by atoms with E-state index in [2.05, 4.69) is 21.2 Å². The number of hydrogen-bond donors (Lipinski definition) is 2. The quantitative estimate of drug-likeness (QED) is 0.798. The Morgan fingerprint density at radius 2 is 2.21 bits per heavy atom. The molecule has 0 aromatic heterocycles. The minimum Gasteiger partial charge on any atom is -0.396 e. The summed E-state index contributed by atoms with van der Waals surface area (Å²) in [6.07, 6.45) is 2.23. The van der Waals surface area contributed by atoms with Gasteiger partial charge in [0.2, 0.25) is 0 Å². The Labute approximate surface area is 122 Å². The predicted octanol–water partition coefficient (Wildman–Crippen LogP) is 2.06. The molecule has 1 aromatic carbocycles. The molecule has 2 unspecified atom stereocenters. The van der Waals surface area contributed by atoms with Crippen molar-refractivity contribution in [2.24, 2.45) is 0 Å². The maximum Gasteiger partial charge on any atom is 0.252 e. The maximum atomic E-state index is 13.2. The Kier molecular flexibility index (Phi) is 5.93. The first-order chi connectivity index (χ1) is 8.81. The van der Waals surface area contributed by atoms with Crippen molar-refractivity contribution in [1.82, 2.24) is 5.32 Å². The second-order valence-corrected chi connectivity index (χ2v) is 6.70. The van der Waals surface area contributed by atoms with Crippen LogP contribution in [0.4, 0.5) is 10.1 Å². The Hall–Kier alpha value is -0.950. The molecule has 0 fully saturated rings. The molecule has 0 saturated carbocycles. The number of carbonyl (C=O) groups excluding carboxylic acids is 1. The lowest BCUT2D eigenvalue weighted by molar-refractivity contribution is 0.0938. The van der Waals surface area contributed by atoms with Crippen molar-refractivity contribution in [2.75, 3.05) is 17.7 Å². The highest BCUT2D eigenvalue weighted by molar-refractivity contribution is 9.10. The van der Waals surface area contributed by atoms with Crippen molar-refractivity contribution < 1.29 is 13.4 Å². The molecule has 0 saturated heterocycles. The third kappa shape index (κ3) is 4.91. The van der Waals surface area contributed by atoms with Gasteiger partial charge in [-0.05, 0) is 41.4 Å². The van der Waals surface area contributed by atoms with E-state index < -0.39 is 16.6 Å². The summed E-state index contributed by atoms with van der Waals surface area (Å²) < 4.78 is 24.5. The van der Waals surface area contributed by atoms with E-state index in [4.69, 9.17) is 5.73 Å².